The third-order valence-corrected chi connectivity index (χ3v) is 11.3. The molecule has 0 saturated carbocycles. The van der Waals surface area contributed by atoms with Crippen LogP contribution in [-0.2, 0) is 0 Å². The number of aromatic nitrogens is 2. The number of anilines is 3. The smallest absolute Gasteiger partial charge is 0.407 e. The Bertz CT molecular complexity index is 2330. The van der Waals surface area contributed by atoms with Crippen LogP contribution in [0.15, 0.2) is 60.0 Å². The van der Waals surface area contributed by atoms with Gasteiger partial charge in [-0.15, -0.1) is 22.9 Å². The Labute approximate surface area is 290 Å². The number of rotatable bonds is 5. The van der Waals surface area contributed by atoms with Crippen molar-refractivity contribution < 1.29 is 19.5 Å². The molecule has 0 bridgehead atoms. The van der Waals surface area contributed by atoms with Crippen LogP contribution in [0.5, 0.6) is 0 Å². The lowest BCUT2D eigenvalue weighted by atomic mass is 9.92. The van der Waals surface area contributed by atoms with E-state index in [9.17, 15) is 19.5 Å². The fraction of sp³-hybridized carbons (Fsp3) is 0.250. The standard InChI is InChI=1S/C36H34ClN7O4S/c1-18-17-49-33-24(30-16-42(2)7-8-43(30)36(47)48)13-29-32(31(18)33)21(14-37)15-44(29)35(46)28-12-20-10-23(4-6-26(20)41-28)39-34(45)27-11-19-9-22(38)3-5-25(19)40-27/h3-6,9-13,17,21,30,40-41H,7-8,14-16,38H2,1-2H3,(H,39,45)(H,47,48)/t21-,30?/m0/s1. The van der Waals surface area contributed by atoms with Gasteiger partial charge in [0.15, 0.2) is 0 Å². The van der Waals surface area contributed by atoms with E-state index in [4.69, 9.17) is 17.3 Å². The summed E-state index contributed by atoms with van der Waals surface area (Å²) in [5.74, 6) is -0.240. The van der Waals surface area contributed by atoms with Crippen molar-refractivity contribution in [3.05, 3.63) is 88.1 Å². The number of aromatic amines is 2. The number of alkyl halides is 1. The van der Waals surface area contributed by atoms with Crippen molar-refractivity contribution in [2.75, 3.05) is 55.1 Å². The summed E-state index contributed by atoms with van der Waals surface area (Å²) < 4.78 is 1.05. The Morgan fingerprint density at radius 1 is 1.00 bits per heavy atom. The van der Waals surface area contributed by atoms with Gasteiger partial charge in [0, 0.05) is 86.9 Å². The lowest BCUT2D eigenvalue weighted by Crippen LogP contribution is -2.48. The summed E-state index contributed by atoms with van der Waals surface area (Å²) in [6.07, 6.45) is -0.952. The third-order valence-electron chi connectivity index (χ3n) is 9.79. The molecule has 2 aliphatic heterocycles. The third kappa shape index (κ3) is 5.27. The molecular formula is C36H34ClN7O4S. The number of benzene rings is 3. The van der Waals surface area contributed by atoms with Gasteiger partial charge in [-0.3, -0.25) is 14.5 Å². The number of fused-ring (bicyclic) bond motifs is 5. The molecule has 6 aromatic rings. The van der Waals surface area contributed by atoms with E-state index in [1.165, 1.54) is 4.90 Å². The van der Waals surface area contributed by atoms with Crippen molar-refractivity contribution in [1.82, 2.24) is 19.8 Å². The number of carbonyl (C=O) groups is 3. The number of halogens is 1. The van der Waals surface area contributed by atoms with Gasteiger partial charge in [0.05, 0.1) is 6.04 Å². The van der Waals surface area contributed by atoms with E-state index in [1.54, 1.807) is 40.5 Å². The predicted molar refractivity (Wildman–Crippen MR) is 196 cm³/mol. The second kappa shape index (κ2) is 11.8. The number of nitrogens with two attached hydrogens (primary N) is 1. The molecule has 3 aromatic carbocycles. The molecule has 1 saturated heterocycles. The number of thiophene rings is 1. The molecule has 8 rings (SSSR count). The molecule has 0 spiro atoms. The minimum absolute atomic E-state index is 0.0812. The van der Waals surface area contributed by atoms with Crippen molar-refractivity contribution in [1.29, 1.82) is 0 Å². The Kier molecular flexibility index (Phi) is 7.54. The van der Waals surface area contributed by atoms with E-state index in [0.717, 1.165) is 54.3 Å². The quantitative estimate of drug-likeness (QED) is 0.0972. The average Bonchev–Trinajstić information content (AvgIpc) is 3.87. The molecule has 3 amide bonds. The maximum atomic E-state index is 14.3. The number of nitrogens with zero attached hydrogens (tertiary/aromatic N) is 3. The summed E-state index contributed by atoms with van der Waals surface area (Å²) in [7, 11) is 2.00. The number of likely N-dealkylation sites (N-methyl/N-ethyl adjacent to an activating group) is 1. The number of nitrogens with one attached hydrogen (secondary N) is 3. The van der Waals surface area contributed by atoms with Crippen LogP contribution in [-0.4, -0.2) is 81.9 Å². The number of hydrogen-bond acceptors (Lipinski definition) is 6. The van der Waals surface area contributed by atoms with Gasteiger partial charge >= 0.3 is 6.09 Å². The molecule has 1 fully saturated rings. The zero-order chi connectivity index (χ0) is 34.1. The van der Waals surface area contributed by atoms with Crippen LogP contribution in [0.25, 0.3) is 31.9 Å². The van der Waals surface area contributed by atoms with Crippen LogP contribution in [0.4, 0.5) is 21.9 Å². The molecule has 2 atom stereocenters. The number of piperazine rings is 1. The number of nitrogen functional groups attached to an aromatic ring is 1. The fourth-order valence-corrected chi connectivity index (χ4v) is 8.76. The van der Waals surface area contributed by atoms with Crippen LogP contribution in [0.1, 0.15) is 49.6 Å². The number of aryl methyl sites for hydroxylation is 1. The van der Waals surface area contributed by atoms with Crippen LogP contribution >= 0.6 is 22.9 Å². The van der Waals surface area contributed by atoms with Crippen LogP contribution in [0, 0.1) is 6.92 Å². The fourth-order valence-electron chi connectivity index (χ4n) is 7.38. The van der Waals surface area contributed by atoms with Crippen LogP contribution in [0.3, 0.4) is 0 Å². The number of carbonyl (C=O) groups excluding carboxylic acids is 2. The molecule has 3 aromatic heterocycles. The Morgan fingerprint density at radius 2 is 1.73 bits per heavy atom. The van der Waals surface area contributed by atoms with Gasteiger partial charge in [0.2, 0.25) is 0 Å². The summed E-state index contributed by atoms with van der Waals surface area (Å²) in [5.41, 5.74) is 13.3. The summed E-state index contributed by atoms with van der Waals surface area (Å²) in [6.45, 7) is 4.08. The maximum absolute atomic E-state index is 14.3. The minimum atomic E-state index is -0.952. The number of hydrogen-bond donors (Lipinski definition) is 5. The Hall–Kier alpha value is -5.04. The van der Waals surface area contributed by atoms with E-state index in [0.29, 0.717) is 54.8 Å². The summed E-state index contributed by atoms with van der Waals surface area (Å²) >= 11 is 8.18. The van der Waals surface area contributed by atoms with Crippen molar-refractivity contribution >= 4 is 89.8 Å². The molecule has 13 heteroatoms. The zero-order valence-electron chi connectivity index (χ0n) is 26.8. The van der Waals surface area contributed by atoms with E-state index in [2.05, 4.69) is 32.5 Å². The second-order valence-electron chi connectivity index (χ2n) is 13.0. The van der Waals surface area contributed by atoms with Crippen molar-refractivity contribution in [3.63, 3.8) is 0 Å². The normalized spacial score (nSPS) is 18.1. The van der Waals surface area contributed by atoms with Gasteiger partial charge in [-0.1, -0.05) is 0 Å². The Balaban J connectivity index is 1.13. The summed E-state index contributed by atoms with van der Waals surface area (Å²) in [4.78, 5) is 51.6. The van der Waals surface area contributed by atoms with Crippen molar-refractivity contribution in [2.45, 2.75) is 18.9 Å². The zero-order valence-corrected chi connectivity index (χ0v) is 28.4. The highest BCUT2D eigenvalue weighted by Gasteiger charge is 2.39. The summed E-state index contributed by atoms with van der Waals surface area (Å²) in [6, 6.07) is 16.1. The highest BCUT2D eigenvalue weighted by Crippen LogP contribution is 2.49. The van der Waals surface area contributed by atoms with E-state index >= 15 is 0 Å². The largest absolute Gasteiger partial charge is 0.465 e. The minimum Gasteiger partial charge on any atom is -0.465 e. The molecule has 1 unspecified atom stereocenters. The number of amides is 3. The molecule has 5 heterocycles. The summed E-state index contributed by atoms with van der Waals surface area (Å²) in [5, 5.41) is 17.9. The van der Waals surface area contributed by atoms with Gasteiger partial charge in [-0.25, -0.2) is 4.79 Å². The van der Waals surface area contributed by atoms with Gasteiger partial charge in [-0.2, -0.15) is 0 Å². The lowest BCUT2D eigenvalue weighted by molar-refractivity contribution is 0.0780. The van der Waals surface area contributed by atoms with Gasteiger partial charge < -0.3 is 35.9 Å². The molecule has 0 aliphatic carbocycles. The monoisotopic (exact) mass is 695 g/mol. The Morgan fingerprint density at radius 3 is 2.51 bits per heavy atom. The first kappa shape index (κ1) is 31.2. The SMILES string of the molecule is Cc1csc2c(C3CN(C)CCN3C(=O)O)cc3c(c12)[C@@H](CCl)CN3C(=O)c1cc2cc(NC(=O)c3cc4cc(N)ccc4[nH]3)ccc2[nH]1. The molecular weight excluding hydrogens is 662 g/mol. The van der Waals surface area contributed by atoms with E-state index in [-0.39, 0.29) is 23.8 Å². The van der Waals surface area contributed by atoms with E-state index in [1.807, 2.05) is 37.4 Å². The molecule has 2 aliphatic rings. The lowest BCUT2D eigenvalue weighted by Gasteiger charge is -2.39. The van der Waals surface area contributed by atoms with E-state index < -0.39 is 6.09 Å². The van der Waals surface area contributed by atoms with Gasteiger partial charge in [0.1, 0.15) is 11.4 Å². The van der Waals surface area contributed by atoms with Crippen molar-refractivity contribution in [2.24, 2.45) is 0 Å². The first-order valence-electron chi connectivity index (χ1n) is 16.0. The van der Waals surface area contributed by atoms with Gasteiger partial charge in [0.25, 0.3) is 11.8 Å². The molecule has 6 N–H and O–H groups in total. The topological polar surface area (TPSA) is 151 Å². The second-order valence-corrected chi connectivity index (χ2v) is 14.2. The molecule has 49 heavy (non-hydrogen) atoms. The maximum Gasteiger partial charge on any atom is 0.407 e. The van der Waals surface area contributed by atoms with Crippen molar-refractivity contribution in [3.8, 4) is 0 Å². The first-order valence-corrected chi connectivity index (χ1v) is 17.4. The number of H-pyrrole nitrogens is 2. The molecule has 250 valence electrons. The van der Waals surface area contributed by atoms with Gasteiger partial charge in [-0.05, 0) is 90.6 Å². The highest BCUT2D eigenvalue weighted by molar-refractivity contribution is 7.17. The van der Waals surface area contributed by atoms with Crippen LogP contribution in [0.2, 0.25) is 0 Å². The predicted octanol–water partition coefficient (Wildman–Crippen LogP) is 6.96. The average molecular weight is 696 g/mol. The highest BCUT2D eigenvalue weighted by atomic mass is 35.5. The number of carboxylic acid groups (broad SMARTS) is 1. The molecule has 0 radical (unpaired) electrons. The molecule has 11 nitrogen and oxygen atoms in total. The first-order chi connectivity index (χ1) is 23.6. The van der Waals surface area contributed by atoms with Crippen LogP contribution < -0.4 is 16.0 Å².